The van der Waals surface area contributed by atoms with Crippen LogP contribution in [0.4, 0.5) is 4.39 Å². The van der Waals surface area contributed by atoms with Crippen molar-refractivity contribution in [1.29, 1.82) is 0 Å². The number of likely N-dealkylation sites (tertiary alicyclic amines) is 2. The van der Waals surface area contributed by atoms with Crippen LogP contribution in [-0.2, 0) is 11.3 Å². The van der Waals surface area contributed by atoms with Gasteiger partial charge in [0.15, 0.2) is 0 Å². The molecule has 3 heterocycles. The zero-order valence-electron chi connectivity index (χ0n) is 15.6. The lowest BCUT2D eigenvalue weighted by Gasteiger charge is -2.42. The molecular formula is C20H31FN4O. The van der Waals surface area contributed by atoms with Gasteiger partial charge in [0.25, 0.3) is 0 Å². The first-order valence-corrected chi connectivity index (χ1v) is 9.96. The van der Waals surface area contributed by atoms with E-state index in [1.807, 2.05) is 18.2 Å². The van der Waals surface area contributed by atoms with Crippen LogP contribution in [-0.4, -0.2) is 66.1 Å². The van der Waals surface area contributed by atoms with E-state index in [1.54, 1.807) is 6.20 Å². The Bertz CT molecular complexity index is 548. The molecule has 1 amide bonds. The topological polar surface area (TPSA) is 48.5 Å². The highest BCUT2D eigenvalue weighted by molar-refractivity contribution is 5.78. The maximum Gasteiger partial charge on any atom is 0.224 e. The molecule has 1 atom stereocenters. The molecule has 144 valence electrons. The molecule has 0 bridgehead atoms. The first-order valence-electron chi connectivity index (χ1n) is 9.96. The quantitative estimate of drug-likeness (QED) is 0.808. The van der Waals surface area contributed by atoms with Gasteiger partial charge in [-0.1, -0.05) is 6.07 Å². The number of carbonyl (C=O) groups is 1. The van der Waals surface area contributed by atoms with Crippen LogP contribution in [0.1, 0.15) is 37.8 Å². The third-order valence-corrected chi connectivity index (χ3v) is 5.67. The summed E-state index contributed by atoms with van der Waals surface area (Å²) in [5, 5.41) is 3.05. The Labute approximate surface area is 156 Å². The average molecular weight is 362 g/mol. The number of hydrogen-bond donors (Lipinski definition) is 1. The van der Waals surface area contributed by atoms with Crippen molar-refractivity contribution in [3.63, 3.8) is 0 Å². The van der Waals surface area contributed by atoms with Crippen LogP contribution in [0, 0.1) is 5.92 Å². The minimum Gasteiger partial charge on any atom is -0.350 e. The number of nitrogens with one attached hydrogen (secondary N) is 1. The summed E-state index contributed by atoms with van der Waals surface area (Å²) >= 11 is 0. The Balaban J connectivity index is 1.43. The number of rotatable bonds is 7. The lowest BCUT2D eigenvalue weighted by Crippen LogP contribution is -2.50. The maximum absolute atomic E-state index is 12.6. The van der Waals surface area contributed by atoms with E-state index in [-0.39, 0.29) is 18.5 Å². The second-order valence-electron chi connectivity index (χ2n) is 7.49. The van der Waals surface area contributed by atoms with Crippen molar-refractivity contribution in [2.24, 2.45) is 5.92 Å². The average Bonchev–Trinajstić information content (AvgIpc) is 2.71. The van der Waals surface area contributed by atoms with E-state index in [1.165, 1.54) is 0 Å². The van der Waals surface area contributed by atoms with Crippen molar-refractivity contribution in [2.45, 2.75) is 44.7 Å². The van der Waals surface area contributed by atoms with Gasteiger partial charge in [-0.2, -0.15) is 0 Å². The summed E-state index contributed by atoms with van der Waals surface area (Å²) in [5.74, 6) is 0.234. The summed E-state index contributed by atoms with van der Waals surface area (Å²) in [6.45, 7) is 5.23. The second kappa shape index (κ2) is 9.97. The number of carbonyl (C=O) groups excluding carboxylic acids is 1. The molecule has 3 rings (SSSR count). The number of nitrogens with zero attached hydrogens (tertiary/aromatic N) is 3. The summed E-state index contributed by atoms with van der Waals surface area (Å²) in [7, 11) is 0. The number of halogens is 1. The van der Waals surface area contributed by atoms with Gasteiger partial charge in [0.2, 0.25) is 5.91 Å². The summed E-state index contributed by atoms with van der Waals surface area (Å²) in [6, 6.07) is 6.33. The Hall–Kier alpha value is -1.53. The zero-order chi connectivity index (χ0) is 18.2. The largest absolute Gasteiger partial charge is 0.350 e. The van der Waals surface area contributed by atoms with Crippen molar-refractivity contribution < 1.29 is 9.18 Å². The molecule has 0 aromatic carbocycles. The van der Waals surface area contributed by atoms with Gasteiger partial charge in [-0.05, 0) is 63.9 Å². The summed E-state index contributed by atoms with van der Waals surface area (Å²) in [4.78, 5) is 21.7. The van der Waals surface area contributed by atoms with E-state index in [0.29, 0.717) is 19.0 Å². The molecule has 0 saturated carbocycles. The summed E-state index contributed by atoms with van der Waals surface area (Å²) in [6.07, 6.45) is 6.73. The van der Waals surface area contributed by atoms with Crippen molar-refractivity contribution in [2.75, 3.05) is 39.4 Å². The Morgan fingerprint density at radius 1 is 1.23 bits per heavy atom. The summed E-state index contributed by atoms with van der Waals surface area (Å²) in [5.41, 5.74) is 0.897. The van der Waals surface area contributed by atoms with Gasteiger partial charge in [0.1, 0.15) is 0 Å². The highest BCUT2D eigenvalue weighted by Gasteiger charge is 2.31. The molecular weight excluding hydrogens is 331 g/mol. The predicted molar refractivity (Wildman–Crippen MR) is 100 cm³/mol. The van der Waals surface area contributed by atoms with E-state index >= 15 is 0 Å². The third kappa shape index (κ3) is 5.48. The summed E-state index contributed by atoms with van der Waals surface area (Å²) < 4.78 is 12.3. The number of pyridine rings is 1. The molecule has 2 fully saturated rings. The molecule has 6 heteroatoms. The first-order chi connectivity index (χ1) is 12.8. The fourth-order valence-corrected chi connectivity index (χ4v) is 4.17. The van der Waals surface area contributed by atoms with Crippen molar-refractivity contribution in [3.8, 4) is 0 Å². The first kappa shape index (κ1) is 19.2. The van der Waals surface area contributed by atoms with Gasteiger partial charge >= 0.3 is 0 Å². The molecule has 1 N–H and O–H groups in total. The molecule has 2 saturated heterocycles. The molecule has 0 radical (unpaired) electrons. The van der Waals surface area contributed by atoms with Gasteiger partial charge in [-0.15, -0.1) is 0 Å². The van der Waals surface area contributed by atoms with E-state index < -0.39 is 0 Å². The van der Waals surface area contributed by atoms with Crippen molar-refractivity contribution in [1.82, 2.24) is 20.1 Å². The van der Waals surface area contributed by atoms with Crippen LogP contribution in [0.25, 0.3) is 0 Å². The lowest BCUT2D eigenvalue weighted by atomic mass is 9.93. The third-order valence-electron chi connectivity index (χ3n) is 5.67. The van der Waals surface area contributed by atoms with Crippen LogP contribution >= 0.6 is 0 Å². The molecule has 2 aliphatic heterocycles. The Morgan fingerprint density at radius 3 is 2.81 bits per heavy atom. The minimum absolute atomic E-state index is 0.0806. The van der Waals surface area contributed by atoms with Crippen molar-refractivity contribution in [3.05, 3.63) is 30.1 Å². The molecule has 2 aliphatic rings. The van der Waals surface area contributed by atoms with E-state index in [4.69, 9.17) is 0 Å². The smallest absolute Gasteiger partial charge is 0.224 e. The SMILES string of the molecule is O=C(NCc1ccccn1)C1CCCN(C2CCN(CCCF)CC2)C1. The van der Waals surface area contributed by atoms with Gasteiger partial charge in [0, 0.05) is 25.3 Å². The van der Waals surface area contributed by atoms with Crippen LogP contribution < -0.4 is 5.32 Å². The molecule has 1 aromatic rings. The number of aromatic nitrogens is 1. The van der Waals surface area contributed by atoms with E-state index in [0.717, 1.165) is 64.1 Å². The molecule has 0 aliphatic carbocycles. The predicted octanol–water partition coefficient (Wildman–Crippen LogP) is 2.23. The fourth-order valence-electron chi connectivity index (χ4n) is 4.17. The van der Waals surface area contributed by atoms with E-state index in [9.17, 15) is 9.18 Å². The van der Waals surface area contributed by atoms with Gasteiger partial charge in [0.05, 0.1) is 24.8 Å². The fraction of sp³-hybridized carbons (Fsp3) is 0.700. The van der Waals surface area contributed by atoms with Gasteiger partial charge < -0.3 is 10.2 Å². The number of alkyl halides is 1. The maximum atomic E-state index is 12.6. The Morgan fingerprint density at radius 2 is 2.08 bits per heavy atom. The van der Waals surface area contributed by atoms with Crippen LogP contribution in [0.5, 0.6) is 0 Å². The van der Waals surface area contributed by atoms with Gasteiger partial charge in [-0.3, -0.25) is 19.1 Å². The normalized spacial score (nSPS) is 23.0. The number of hydrogen-bond acceptors (Lipinski definition) is 4. The van der Waals surface area contributed by atoms with Crippen LogP contribution in [0.15, 0.2) is 24.4 Å². The van der Waals surface area contributed by atoms with Gasteiger partial charge in [-0.25, -0.2) is 0 Å². The zero-order valence-corrected chi connectivity index (χ0v) is 15.6. The standard InChI is InChI=1S/C20H31FN4O/c21-9-4-11-24-13-7-19(8-14-24)25-12-3-5-17(16-25)20(26)23-15-18-6-1-2-10-22-18/h1-2,6,10,17,19H,3-5,7-9,11-16H2,(H,23,26). The van der Waals surface area contributed by atoms with Crippen LogP contribution in [0.2, 0.25) is 0 Å². The number of amides is 1. The monoisotopic (exact) mass is 362 g/mol. The van der Waals surface area contributed by atoms with E-state index in [2.05, 4.69) is 20.1 Å². The van der Waals surface area contributed by atoms with Crippen molar-refractivity contribution >= 4 is 5.91 Å². The second-order valence-corrected chi connectivity index (χ2v) is 7.49. The lowest BCUT2D eigenvalue weighted by molar-refractivity contribution is -0.127. The molecule has 26 heavy (non-hydrogen) atoms. The minimum atomic E-state index is -0.221. The highest BCUT2D eigenvalue weighted by atomic mass is 19.1. The molecule has 0 spiro atoms. The Kier molecular flexibility index (Phi) is 7.38. The number of piperidine rings is 2. The molecule has 5 nitrogen and oxygen atoms in total. The molecule has 1 aromatic heterocycles. The molecule has 1 unspecified atom stereocenters. The highest BCUT2D eigenvalue weighted by Crippen LogP contribution is 2.24. The van der Waals surface area contributed by atoms with Crippen LogP contribution in [0.3, 0.4) is 0 Å².